The van der Waals surface area contributed by atoms with Gasteiger partial charge in [-0.05, 0) is 18.1 Å². The zero-order valence-corrected chi connectivity index (χ0v) is 7.47. The third-order valence-electron chi connectivity index (χ3n) is 1.52. The van der Waals surface area contributed by atoms with Crippen molar-refractivity contribution in [3.05, 3.63) is 29.6 Å². The highest BCUT2D eigenvalue weighted by Crippen LogP contribution is 2.06. The molecule has 0 atom stereocenters. The Labute approximate surface area is 76.9 Å². The van der Waals surface area contributed by atoms with E-state index in [4.69, 9.17) is 5.11 Å². The number of carboxylic acid groups (broad SMARTS) is 1. The predicted octanol–water partition coefficient (Wildman–Crippen LogP) is 1.76. The molecule has 0 fully saturated rings. The van der Waals surface area contributed by atoms with E-state index in [2.05, 4.69) is 4.98 Å². The van der Waals surface area contributed by atoms with Gasteiger partial charge in [0.2, 0.25) is 0 Å². The highest BCUT2D eigenvalue weighted by molar-refractivity contribution is 5.88. The van der Waals surface area contributed by atoms with Gasteiger partial charge >= 0.3 is 5.97 Å². The molecule has 0 bridgehead atoms. The lowest BCUT2D eigenvalue weighted by atomic mass is 10.1. The van der Waals surface area contributed by atoms with Crippen LogP contribution in [0.4, 0.5) is 0 Å². The second kappa shape index (κ2) is 4.72. The lowest BCUT2D eigenvalue weighted by Crippen LogP contribution is -2.01. The topological polar surface area (TPSA) is 50.2 Å². The predicted molar refractivity (Wildman–Crippen MR) is 47.8 cm³/mol. The average molecular weight is 188 g/mol. The number of aryl methyl sites for hydroxylation is 1. The lowest BCUT2D eigenvalue weighted by molar-refractivity contribution is 0.0695. The van der Waals surface area contributed by atoms with Crippen molar-refractivity contribution in [3.63, 3.8) is 0 Å². The number of carboxylic acids is 1. The first-order valence-electron chi connectivity index (χ1n) is 3.42. The molecule has 1 N–H and O–H groups in total. The van der Waals surface area contributed by atoms with Gasteiger partial charge < -0.3 is 5.11 Å². The SMILES string of the molecule is CCc1ccncc1C(=O)O.Cl. The molecule has 1 rings (SSSR count). The second-order valence-electron chi connectivity index (χ2n) is 2.19. The molecule has 66 valence electrons. The Kier molecular flexibility index (Phi) is 4.29. The molecule has 0 spiro atoms. The molecule has 3 nitrogen and oxygen atoms in total. The first-order chi connectivity index (χ1) is 5.25. The molecule has 1 heterocycles. The summed E-state index contributed by atoms with van der Waals surface area (Å²) in [5, 5.41) is 8.66. The summed E-state index contributed by atoms with van der Waals surface area (Å²) < 4.78 is 0. The quantitative estimate of drug-likeness (QED) is 0.768. The van der Waals surface area contributed by atoms with Crippen LogP contribution in [-0.2, 0) is 6.42 Å². The number of aromatic nitrogens is 1. The van der Waals surface area contributed by atoms with Gasteiger partial charge in [0.15, 0.2) is 0 Å². The third kappa shape index (κ3) is 2.20. The van der Waals surface area contributed by atoms with Gasteiger partial charge in [0, 0.05) is 12.4 Å². The van der Waals surface area contributed by atoms with Crippen molar-refractivity contribution >= 4 is 18.4 Å². The van der Waals surface area contributed by atoms with E-state index in [1.165, 1.54) is 6.20 Å². The molecule has 0 radical (unpaired) electrons. The molecular formula is C8H10ClNO2. The van der Waals surface area contributed by atoms with E-state index in [1.54, 1.807) is 12.3 Å². The summed E-state index contributed by atoms with van der Waals surface area (Å²) in [4.78, 5) is 14.3. The minimum Gasteiger partial charge on any atom is -0.478 e. The van der Waals surface area contributed by atoms with Crippen molar-refractivity contribution in [2.24, 2.45) is 0 Å². The smallest absolute Gasteiger partial charge is 0.337 e. The van der Waals surface area contributed by atoms with E-state index < -0.39 is 5.97 Å². The second-order valence-corrected chi connectivity index (χ2v) is 2.19. The standard InChI is InChI=1S/C8H9NO2.ClH/c1-2-6-3-4-9-5-7(6)8(10)11;/h3-5H,2H2,1H3,(H,10,11);1H. The summed E-state index contributed by atoms with van der Waals surface area (Å²) in [6.45, 7) is 1.92. The molecule has 0 aliphatic carbocycles. The van der Waals surface area contributed by atoms with Gasteiger partial charge in [-0.2, -0.15) is 0 Å². The Morgan fingerprint density at radius 2 is 2.33 bits per heavy atom. The summed E-state index contributed by atoms with van der Waals surface area (Å²) >= 11 is 0. The Hall–Kier alpha value is -1.09. The molecule has 1 aromatic heterocycles. The van der Waals surface area contributed by atoms with Crippen LogP contribution in [0.25, 0.3) is 0 Å². The number of halogens is 1. The maximum absolute atomic E-state index is 10.5. The summed E-state index contributed by atoms with van der Waals surface area (Å²) in [5.74, 6) is -0.907. The molecule has 0 unspecified atom stereocenters. The number of carbonyl (C=O) groups is 1. The van der Waals surface area contributed by atoms with Crippen molar-refractivity contribution in [2.75, 3.05) is 0 Å². The van der Waals surface area contributed by atoms with Crippen LogP contribution in [0.3, 0.4) is 0 Å². The number of hydrogen-bond donors (Lipinski definition) is 1. The average Bonchev–Trinajstić information content (AvgIpc) is 2.04. The number of nitrogens with zero attached hydrogens (tertiary/aromatic N) is 1. The lowest BCUT2D eigenvalue weighted by Gasteiger charge is -1.99. The van der Waals surface area contributed by atoms with Crippen LogP contribution >= 0.6 is 12.4 Å². The zero-order valence-electron chi connectivity index (χ0n) is 6.65. The summed E-state index contributed by atoms with van der Waals surface area (Å²) in [7, 11) is 0. The normalized spacial score (nSPS) is 8.75. The van der Waals surface area contributed by atoms with Crippen LogP contribution in [0, 0.1) is 0 Å². The Morgan fingerprint density at radius 1 is 1.67 bits per heavy atom. The van der Waals surface area contributed by atoms with Gasteiger partial charge in [-0.25, -0.2) is 4.79 Å². The van der Waals surface area contributed by atoms with Crippen LogP contribution in [-0.4, -0.2) is 16.1 Å². The largest absolute Gasteiger partial charge is 0.478 e. The molecule has 0 saturated heterocycles. The van der Waals surface area contributed by atoms with E-state index in [1.807, 2.05) is 6.92 Å². The Bertz CT molecular complexity index is 276. The fourth-order valence-electron chi connectivity index (χ4n) is 0.924. The van der Waals surface area contributed by atoms with Crippen molar-refractivity contribution in [1.82, 2.24) is 4.98 Å². The maximum atomic E-state index is 10.5. The van der Waals surface area contributed by atoms with E-state index >= 15 is 0 Å². The van der Waals surface area contributed by atoms with E-state index in [9.17, 15) is 4.79 Å². The van der Waals surface area contributed by atoms with Gasteiger partial charge in [-0.15, -0.1) is 12.4 Å². The fraction of sp³-hybridized carbons (Fsp3) is 0.250. The van der Waals surface area contributed by atoms with Crippen molar-refractivity contribution in [1.29, 1.82) is 0 Å². The zero-order chi connectivity index (χ0) is 8.27. The summed E-state index contributed by atoms with van der Waals surface area (Å²) in [6.07, 6.45) is 3.70. The van der Waals surface area contributed by atoms with Crippen LogP contribution in [0.15, 0.2) is 18.5 Å². The number of pyridine rings is 1. The highest BCUT2D eigenvalue weighted by Gasteiger charge is 2.06. The number of hydrogen-bond acceptors (Lipinski definition) is 2. The summed E-state index contributed by atoms with van der Waals surface area (Å²) in [5.41, 5.74) is 1.13. The molecule has 0 amide bonds. The summed E-state index contributed by atoms with van der Waals surface area (Å²) in [6, 6.07) is 1.73. The molecule has 0 saturated carbocycles. The van der Waals surface area contributed by atoms with Gasteiger partial charge in [-0.1, -0.05) is 6.92 Å². The minimum atomic E-state index is -0.907. The van der Waals surface area contributed by atoms with E-state index in [-0.39, 0.29) is 12.4 Å². The van der Waals surface area contributed by atoms with Gasteiger partial charge in [-0.3, -0.25) is 4.98 Å². The Balaban J connectivity index is 0.00000121. The van der Waals surface area contributed by atoms with Crippen LogP contribution in [0.1, 0.15) is 22.8 Å². The highest BCUT2D eigenvalue weighted by atomic mass is 35.5. The van der Waals surface area contributed by atoms with Crippen molar-refractivity contribution in [2.45, 2.75) is 13.3 Å². The van der Waals surface area contributed by atoms with Crippen molar-refractivity contribution < 1.29 is 9.90 Å². The fourth-order valence-corrected chi connectivity index (χ4v) is 0.924. The molecular weight excluding hydrogens is 178 g/mol. The van der Waals surface area contributed by atoms with Gasteiger partial charge in [0.05, 0.1) is 5.56 Å². The molecule has 12 heavy (non-hydrogen) atoms. The molecule has 1 aromatic rings. The van der Waals surface area contributed by atoms with Crippen LogP contribution in [0.2, 0.25) is 0 Å². The maximum Gasteiger partial charge on any atom is 0.337 e. The molecule has 4 heteroatoms. The van der Waals surface area contributed by atoms with E-state index in [0.717, 1.165) is 12.0 Å². The molecule has 0 aliphatic rings. The number of aromatic carboxylic acids is 1. The minimum absolute atomic E-state index is 0. The van der Waals surface area contributed by atoms with E-state index in [0.29, 0.717) is 5.56 Å². The first-order valence-corrected chi connectivity index (χ1v) is 3.42. The van der Waals surface area contributed by atoms with Gasteiger partial charge in [0.1, 0.15) is 0 Å². The van der Waals surface area contributed by atoms with Gasteiger partial charge in [0.25, 0.3) is 0 Å². The molecule has 0 aliphatic heterocycles. The van der Waals surface area contributed by atoms with Crippen LogP contribution in [0.5, 0.6) is 0 Å². The van der Waals surface area contributed by atoms with Crippen LogP contribution < -0.4 is 0 Å². The number of rotatable bonds is 2. The third-order valence-corrected chi connectivity index (χ3v) is 1.52. The van der Waals surface area contributed by atoms with Crippen molar-refractivity contribution in [3.8, 4) is 0 Å². The first kappa shape index (κ1) is 10.9. The monoisotopic (exact) mass is 187 g/mol. The molecule has 0 aromatic carbocycles. The Morgan fingerprint density at radius 3 is 2.75 bits per heavy atom.